The van der Waals surface area contributed by atoms with E-state index in [0.717, 1.165) is 25.7 Å². The molecule has 2 amide bonds. The molecule has 1 aliphatic rings. The zero-order valence-corrected chi connectivity index (χ0v) is 11.2. The van der Waals surface area contributed by atoms with Crippen LogP contribution in [0.25, 0.3) is 0 Å². The van der Waals surface area contributed by atoms with E-state index in [4.69, 9.17) is 12.2 Å². The van der Waals surface area contributed by atoms with Crippen LogP contribution < -0.4 is 10.6 Å². The Morgan fingerprint density at radius 3 is 2.29 bits per heavy atom. The van der Waals surface area contributed by atoms with Crippen molar-refractivity contribution < 1.29 is 9.59 Å². The largest absolute Gasteiger partial charge is 0.302 e. The topological polar surface area (TPSA) is 58.2 Å². The molecule has 5 heteroatoms. The molecule has 4 nitrogen and oxygen atoms in total. The van der Waals surface area contributed by atoms with E-state index in [2.05, 4.69) is 24.5 Å². The molecule has 0 saturated carbocycles. The molecule has 0 aliphatic carbocycles. The molecule has 2 N–H and O–H groups in total. The molecule has 96 valence electrons. The fourth-order valence-corrected chi connectivity index (χ4v) is 2.28. The number of rotatable bonds is 6. The van der Waals surface area contributed by atoms with Crippen LogP contribution in [0.15, 0.2) is 0 Å². The highest BCUT2D eigenvalue weighted by atomic mass is 32.1. The van der Waals surface area contributed by atoms with Crippen molar-refractivity contribution in [2.24, 2.45) is 11.8 Å². The number of hydrogen-bond acceptors (Lipinski definition) is 3. The van der Waals surface area contributed by atoms with Gasteiger partial charge in [-0.3, -0.25) is 9.59 Å². The lowest BCUT2D eigenvalue weighted by atomic mass is 9.87. The summed E-state index contributed by atoms with van der Waals surface area (Å²) in [5.74, 6) is -0.658. The Morgan fingerprint density at radius 2 is 1.82 bits per heavy atom. The maximum Gasteiger partial charge on any atom is 0.238 e. The Morgan fingerprint density at radius 1 is 1.24 bits per heavy atom. The number of unbranched alkanes of at least 4 members (excludes halogenated alkanes) is 1. The first-order chi connectivity index (χ1) is 8.08. The van der Waals surface area contributed by atoms with Gasteiger partial charge in [-0.2, -0.15) is 0 Å². The van der Waals surface area contributed by atoms with E-state index < -0.39 is 5.92 Å². The van der Waals surface area contributed by atoms with Gasteiger partial charge in [0.15, 0.2) is 5.11 Å². The van der Waals surface area contributed by atoms with Gasteiger partial charge in [0.2, 0.25) is 11.8 Å². The second kappa shape index (κ2) is 6.69. The van der Waals surface area contributed by atoms with Crippen LogP contribution in [0.2, 0.25) is 0 Å². The van der Waals surface area contributed by atoms with Gasteiger partial charge in [-0.25, -0.2) is 0 Å². The second-order valence-corrected chi connectivity index (χ2v) is 4.92. The summed E-state index contributed by atoms with van der Waals surface area (Å²) in [6.07, 6.45) is 4.99. The molecule has 0 bridgehead atoms. The SMILES string of the molecule is CCCCC(CC)CC1C(=O)NC(=S)NC1=O. The van der Waals surface area contributed by atoms with E-state index in [1.54, 1.807) is 0 Å². The first-order valence-corrected chi connectivity index (χ1v) is 6.65. The molecular weight excluding hydrogens is 236 g/mol. The molecule has 1 heterocycles. The molecule has 1 unspecified atom stereocenters. The first kappa shape index (κ1) is 14.1. The van der Waals surface area contributed by atoms with Crippen molar-refractivity contribution in [1.82, 2.24) is 10.6 Å². The number of hydrogen-bond donors (Lipinski definition) is 2. The first-order valence-electron chi connectivity index (χ1n) is 6.24. The Labute approximate surface area is 108 Å². The number of nitrogens with one attached hydrogen (secondary N) is 2. The monoisotopic (exact) mass is 256 g/mol. The van der Waals surface area contributed by atoms with Crippen molar-refractivity contribution in [3.8, 4) is 0 Å². The van der Waals surface area contributed by atoms with E-state index in [9.17, 15) is 9.59 Å². The zero-order chi connectivity index (χ0) is 12.8. The van der Waals surface area contributed by atoms with Crippen molar-refractivity contribution in [3.05, 3.63) is 0 Å². The number of carbonyl (C=O) groups excluding carboxylic acids is 2. The van der Waals surface area contributed by atoms with Crippen molar-refractivity contribution in [2.75, 3.05) is 0 Å². The summed E-state index contributed by atoms with van der Waals surface area (Å²) in [7, 11) is 0. The van der Waals surface area contributed by atoms with E-state index in [-0.39, 0.29) is 16.9 Å². The van der Waals surface area contributed by atoms with Crippen LogP contribution in [-0.4, -0.2) is 16.9 Å². The van der Waals surface area contributed by atoms with Gasteiger partial charge in [0.1, 0.15) is 5.92 Å². The molecule has 0 radical (unpaired) electrons. The van der Waals surface area contributed by atoms with Gasteiger partial charge in [0.05, 0.1) is 0 Å². The highest BCUT2D eigenvalue weighted by Gasteiger charge is 2.33. The molecule has 1 atom stereocenters. The van der Waals surface area contributed by atoms with Crippen molar-refractivity contribution in [1.29, 1.82) is 0 Å². The zero-order valence-electron chi connectivity index (χ0n) is 10.4. The van der Waals surface area contributed by atoms with E-state index in [0.29, 0.717) is 12.3 Å². The van der Waals surface area contributed by atoms with Gasteiger partial charge in [-0.1, -0.05) is 39.5 Å². The minimum absolute atomic E-state index is 0.123. The summed E-state index contributed by atoms with van der Waals surface area (Å²) < 4.78 is 0. The molecular formula is C12H20N2O2S. The van der Waals surface area contributed by atoms with Crippen LogP contribution in [0.4, 0.5) is 0 Å². The Hall–Kier alpha value is -0.970. The fourth-order valence-electron chi connectivity index (χ4n) is 2.08. The van der Waals surface area contributed by atoms with Gasteiger partial charge in [0, 0.05) is 0 Å². The van der Waals surface area contributed by atoms with Gasteiger partial charge in [-0.05, 0) is 24.6 Å². The average molecular weight is 256 g/mol. The maximum absolute atomic E-state index is 11.7. The molecule has 1 aliphatic heterocycles. The molecule has 0 aromatic rings. The van der Waals surface area contributed by atoms with Crippen LogP contribution in [-0.2, 0) is 9.59 Å². The maximum atomic E-state index is 11.7. The van der Waals surface area contributed by atoms with Crippen molar-refractivity contribution >= 4 is 29.1 Å². The van der Waals surface area contributed by atoms with Crippen molar-refractivity contribution in [3.63, 3.8) is 0 Å². The summed E-state index contributed by atoms with van der Waals surface area (Å²) in [5, 5.41) is 5.13. The summed E-state index contributed by atoms with van der Waals surface area (Å²) in [5.41, 5.74) is 0. The second-order valence-electron chi connectivity index (χ2n) is 4.51. The summed E-state index contributed by atoms with van der Waals surface area (Å²) in [4.78, 5) is 23.4. The third-order valence-electron chi connectivity index (χ3n) is 3.22. The van der Waals surface area contributed by atoms with E-state index in [1.165, 1.54) is 0 Å². The smallest absolute Gasteiger partial charge is 0.238 e. The van der Waals surface area contributed by atoms with E-state index in [1.807, 2.05) is 0 Å². The van der Waals surface area contributed by atoms with Gasteiger partial charge >= 0.3 is 0 Å². The molecule has 1 saturated heterocycles. The van der Waals surface area contributed by atoms with Crippen LogP contribution in [0.5, 0.6) is 0 Å². The van der Waals surface area contributed by atoms with Crippen LogP contribution in [0.3, 0.4) is 0 Å². The lowest BCUT2D eigenvalue weighted by Crippen LogP contribution is -2.55. The highest BCUT2D eigenvalue weighted by molar-refractivity contribution is 7.80. The Balaban J connectivity index is 2.55. The summed E-state index contributed by atoms with van der Waals surface area (Å²) in [6, 6.07) is 0. The Kier molecular flexibility index (Phi) is 5.55. The predicted octanol–water partition coefficient (Wildman–Crippen LogP) is 1.74. The average Bonchev–Trinajstić information content (AvgIpc) is 2.27. The molecule has 0 aromatic carbocycles. The lowest BCUT2D eigenvalue weighted by molar-refractivity contribution is -0.135. The lowest BCUT2D eigenvalue weighted by Gasteiger charge is -2.25. The van der Waals surface area contributed by atoms with Crippen LogP contribution in [0, 0.1) is 11.8 Å². The van der Waals surface area contributed by atoms with Gasteiger partial charge in [-0.15, -0.1) is 0 Å². The predicted molar refractivity (Wildman–Crippen MR) is 70.3 cm³/mol. The minimum atomic E-state index is -0.580. The quantitative estimate of drug-likeness (QED) is 0.562. The summed E-state index contributed by atoms with van der Waals surface area (Å²) in [6.45, 7) is 4.24. The molecule has 0 aromatic heterocycles. The van der Waals surface area contributed by atoms with E-state index >= 15 is 0 Å². The van der Waals surface area contributed by atoms with Gasteiger partial charge < -0.3 is 10.6 Å². The van der Waals surface area contributed by atoms with Gasteiger partial charge in [0.25, 0.3) is 0 Å². The summed E-state index contributed by atoms with van der Waals surface area (Å²) >= 11 is 4.76. The minimum Gasteiger partial charge on any atom is -0.302 e. The Bertz CT molecular complexity index is 298. The third-order valence-corrected chi connectivity index (χ3v) is 3.42. The number of amides is 2. The number of thiocarbonyl (C=S) groups is 1. The standard InChI is InChI=1S/C12H20N2O2S/c1-3-5-6-8(4-2)7-9-10(15)13-12(17)14-11(9)16/h8-9H,3-7H2,1-2H3,(H2,13,14,15,16,17). The van der Waals surface area contributed by atoms with Crippen LogP contribution in [0.1, 0.15) is 46.0 Å². The fraction of sp³-hybridized carbons (Fsp3) is 0.750. The van der Waals surface area contributed by atoms with Crippen molar-refractivity contribution in [2.45, 2.75) is 46.0 Å². The number of carbonyl (C=O) groups is 2. The third kappa shape index (κ3) is 4.07. The molecule has 0 spiro atoms. The molecule has 1 fully saturated rings. The highest BCUT2D eigenvalue weighted by Crippen LogP contribution is 2.23. The molecule has 1 rings (SSSR count). The molecule has 17 heavy (non-hydrogen) atoms. The normalized spacial score (nSPS) is 18.8. The van der Waals surface area contributed by atoms with Crippen LogP contribution >= 0.6 is 12.2 Å².